The first-order valence-electron chi connectivity index (χ1n) is 10.3. The molecule has 0 radical (unpaired) electrons. The maximum absolute atomic E-state index is 12.8. The molecule has 0 aliphatic heterocycles. The summed E-state index contributed by atoms with van der Waals surface area (Å²) < 4.78 is 0. The summed E-state index contributed by atoms with van der Waals surface area (Å²) in [5.41, 5.74) is 8.36. The molecule has 2 aromatic rings. The molecule has 0 saturated carbocycles. The van der Waals surface area contributed by atoms with Gasteiger partial charge in [0.1, 0.15) is 5.00 Å². The van der Waals surface area contributed by atoms with E-state index in [9.17, 15) is 14.4 Å². The average molecular weight is 442 g/mol. The zero-order valence-corrected chi connectivity index (χ0v) is 19.9. The summed E-state index contributed by atoms with van der Waals surface area (Å²) in [7, 11) is 0. The highest BCUT2D eigenvalue weighted by atomic mass is 32.1. The zero-order chi connectivity index (χ0) is 23.3. The molecule has 6 nitrogen and oxygen atoms in total. The lowest BCUT2D eigenvalue weighted by Gasteiger charge is -2.18. The van der Waals surface area contributed by atoms with Crippen molar-refractivity contribution in [2.24, 2.45) is 5.73 Å². The standard InChI is InChI=1S/C24H31N3O3S/c1-7-27(8-2)23(30)20-15(3)19(21(25)29)22(31-20)26-18(28)14-11-16-9-12-17(13-10-16)24(4,5)6/h9-14H,7-8H2,1-6H3,(H2,25,29)(H,26,28). The van der Waals surface area contributed by atoms with E-state index in [1.807, 2.05) is 38.1 Å². The van der Waals surface area contributed by atoms with Crippen molar-refractivity contribution in [3.05, 3.63) is 57.5 Å². The number of nitrogens with zero attached hydrogens (tertiary/aromatic N) is 1. The molecule has 0 aliphatic carbocycles. The Morgan fingerprint density at radius 2 is 1.68 bits per heavy atom. The van der Waals surface area contributed by atoms with Crippen LogP contribution in [0.4, 0.5) is 5.00 Å². The number of amides is 3. The normalized spacial score (nSPS) is 11.5. The molecule has 3 amide bonds. The first-order chi connectivity index (χ1) is 14.5. The molecular weight excluding hydrogens is 410 g/mol. The van der Waals surface area contributed by atoms with E-state index in [-0.39, 0.29) is 16.9 Å². The molecule has 0 spiro atoms. The second-order valence-corrected chi connectivity index (χ2v) is 9.32. The predicted octanol–water partition coefficient (Wildman–Crippen LogP) is 4.59. The number of carbonyl (C=O) groups is 3. The van der Waals surface area contributed by atoms with E-state index < -0.39 is 11.8 Å². The minimum Gasteiger partial charge on any atom is -0.365 e. The molecule has 1 aromatic heterocycles. The molecule has 1 heterocycles. The van der Waals surface area contributed by atoms with Crippen molar-refractivity contribution in [1.29, 1.82) is 0 Å². The molecule has 0 aliphatic rings. The molecule has 0 fully saturated rings. The number of nitrogens with two attached hydrogens (primary N) is 1. The van der Waals surface area contributed by atoms with Crippen molar-refractivity contribution in [2.75, 3.05) is 18.4 Å². The monoisotopic (exact) mass is 441 g/mol. The Morgan fingerprint density at radius 3 is 2.16 bits per heavy atom. The van der Waals surface area contributed by atoms with Gasteiger partial charge in [-0.15, -0.1) is 11.3 Å². The Labute approximate surface area is 188 Å². The summed E-state index contributed by atoms with van der Waals surface area (Å²) in [6.07, 6.45) is 3.10. The number of rotatable bonds is 7. The lowest BCUT2D eigenvalue weighted by molar-refractivity contribution is -0.111. The second-order valence-electron chi connectivity index (χ2n) is 8.30. The topological polar surface area (TPSA) is 92.5 Å². The number of hydrogen-bond acceptors (Lipinski definition) is 4. The van der Waals surface area contributed by atoms with Crippen LogP contribution >= 0.6 is 11.3 Å². The summed E-state index contributed by atoms with van der Waals surface area (Å²) in [4.78, 5) is 39.3. The molecule has 2 rings (SSSR count). The van der Waals surface area contributed by atoms with Gasteiger partial charge in [0, 0.05) is 19.2 Å². The molecule has 1 aromatic carbocycles. The van der Waals surface area contributed by atoms with Gasteiger partial charge in [0.2, 0.25) is 5.91 Å². The fourth-order valence-electron chi connectivity index (χ4n) is 3.18. The van der Waals surface area contributed by atoms with Crippen molar-refractivity contribution in [2.45, 2.75) is 47.0 Å². The van der Waals surface area contributed by atoms with Gasteiger partial charge in [-0.2, -0.15) is 0 Å². The van der Waals surface area contributed by atoms with Gasteiger partial charge in [0.05, 0.1) is 10.4 Å². The van der Waals surface area contributed by atoms with Gasteiger partial charge in [-0.1, -0.05) is 45.0 Å². The van der Waals surface area contributed by atoms with Crippen molar-refractivity contribution >= 4 is 40.1 Å². The van der Waals surface area contributed by atoms with Gasteiger partial charge in [0.15, 0.2) is 0 Å². The second kappa shape index (κ2) is 9.92. The number of hydrogen-bond donors (Lipinski definition) is 2. The minimum atomic E-state index is -0.676. The summed E-state index contributed by atoms with van der Waals surface area (Å²) in [6, 6.07) is 7.98. The zero-order valence-electron chi connectivity index (χ0n) is 19.0. The van der Waals surface area contributed by atoms with Gasteiger partial charge >= 0.3 is 0 Å². The van der Waals surface area contributed by atoms with E-state index in [0.29, 0.717) is 28.5 Å². The largest absolute Gasteiger partial charge is 0.365 e. The van der Waals surface area contributed by atoms with E-state index in [4.69, 9.17) is 5.73 Å². The SMILES string of the molecule is CCN(CC)C(=O)c1sc(NC(=O)C=Cc2ccc(C(C)(C)C)cc2)c(C(N)=O)c1C. The highest BCUT2D eigenvalue weighted by molar-refractivity contribution is 7.18. The fraction of sp³-hybridized carbons (Fsp3) is 0.375. The predicted molar refractivity (Wildman–Crippen MR) is 128 cm³/mol. The van der Waals surface area contributed by atoms with Crippen molar-refractivity contribution in [1.82, 2.24) is 4.90 Å². The molecule has 0 bridgehead atoms. The third-order valence-corrected chi connectivity index (χ3v) is 6.27. The molecule has 166 valence electrons. The number of anilines is 1. The number of primary amides is 1. The van der Waals surface area contributed by atoms with Crippen molar-refractivity contribution < 1.29 is 14.4 Å². The molecular formula is C24H31N3O3S. The Morgan fingerprint density at radius 1 is 1.10 bits per heavy atom. The van der Waals surface area contributed by atoms with Crippen LogP contribution in [0.3, 0.4) is 0 Å². The van der Waals surface area contributed by atoms with E-state index >= 15 is 0 Å². The van der Waals surface area contributed by atoms with Crippen molar-refractivity contribution in [3.63, 3.8) is 0 Å². The lowest BCUT2D eigenvalue weighted by Crippen LogP contribution is -2.30. The quantitative estimate of drug-likeness (QED) is 0.616. The van der Waals surface area contributed by atoms with Gasteiger partial charge in [0.25, 0.3) is 11.8 Å². The van der Waals surface area contributed by atoms with Crippen LogP contribution in [0.5, 0.6) is 0 Å². The molecule has 0 unspecified atom stereocenters. The Bertz CT molecular complexity index is 994. The summed E-state index contributed by atoms with van der Waals surface area (Å²) >= 11 is 1.08. The highest BCUT2D eigenvalue weighted by Crippen LogP contribution is 2.33. The highest BCUT2D eigenvalue weighted by Gasteiger charge is 2.26. The van der Waals surface area contributed by atoms with E-state index in [1.54, 1.807) is 17.9 Å². The molecule has 31 heavy (non-hydrogen) atoms. The molecule has 3 N–H and O–H groups in total. The summed E-state index contributed by atoms with van der Waals surface area (Å²) in [5.74, 6) is -1.25. The maximum atomic E-state index is 12.8. The number of benzene rings is 1. The average Bonchev–Trinajstić information content (AvgIpc) is 3.02. The fourth-order valence-corrected chi connectivity index (χ4v) is 4.36. The van der Waals surface area contributed by atoms with Crippen LogP contribution in [0.1, 0.15) is 71.3 Å². The van der Waals surface area contributed by atoms with Gasteiger partial charge in [-0.05, 0) is 49.0 Å². The Balaban J connectivity index is 2.24. The first-order valence-corrected chi connectivity index (χ1v) is 11.1. The molecule has 7 heteroatoms. The van der Waals surface area contributed by atoms with Crippen LogP contribution < -0.4 is 11.1 Å². The van der Waals surface area contributed by atoms with Crippen LogP contribution in [0.15, 0.2) is 30.3 Å². The first kappa shape index (κ1) is 24.3. The van der Waals surface area contributed by atoms with Crippen LogP contribution in [-0.2, 0) is 10.2 Å². The number of thiophene rings is 1. The van der Waals surface area contributed by atoms with E-state index in [2.05, 4.69) is 26.1 Å². The Kier molecular flexibility index (Phi) is 7.79. The number of carbonyl (C=O) groups excluding carboxylic acids is 3. The van der Waals surface area contributed by atoms with E-state index in [1.165, 1.54) is 11.6 Å². The van der Waals surface area contributed by atoms with Crippen molar-refractivity contribution in [3.8, 4) is 0 Å². The number of nitrogens with one attached hydrogen (secondary N) is 1. The summed E-state index contributed by atoms with van der Waals surface area (Å²) in [5, 5.41) is 3.00. The van der Waals surface area contributed by atoms with Crippen LogP contribution in [0.25, 0.3) is 6.08 Å². The van der Waals surface area contributed by atoms with E-state index in [0.717, 1.165) is 16.9 Å². The minimum absolute atomic E-state index is 0.0576. The Hall–Kier alpha value is -2.93. The van der Waals surface area contributed by atoms with Crippen LogP contribution in [-0.4, -0.2) is 35.7 Å². The maximum Gasteiger partial charge on any atom is 0.264 e. The van der Waals surface area contributed by atoms with Crippen LogP contribution in [0.2, 0.25) is 0 Å². The van der Waals surface area contributed by atoms with Crippen LogP contribution in [0, 0.1) is 6.92 Å². The van der Waals surface area contributed by atoms with Gasteiger partial charge < -0.3 is 16.0 Å². The van der Waals surface area contributed by atoms with Gasteiger partial charge in [-0.25, -0.2) is 0 Å². The third-order valence-electron chi connectivity index (χ3n) is 5.08. The smallest absolute Gasteiger partial charge is 0.264 e. The summed E-state index contributed by atoms with van der Waals surface area (Å²) in [6.45, 7) is 13.0. The lowest BCUT2D eigenvalue weighted by atomic mass is 9.87. The molecule has 0 saturated heterocycles. The third kappa shape index (κ3) is 5.82. The van der Waals surface area contributed by atoms with Gasteiger partial charge in [-0.3, -0.25) is 14.4 Å². The molecule has 0 atom stereocenters.